The third-order valence-corrected chi connectivity index (χ3v) is 4.63. The summed E-state index contributed by atoms with van der Waals surface area (Å²) in [4.78, 5) is 15.1. The van der Waals surface area contributed by atoms with E-state index in [1.165, 1.54) is 17.9 Å². The second-order valence-electron chi connectivity index (χ2n) is 6.00. The van der Waals surface area contributed by atoms with Crippen LogP contribution >= 0.6 is 0 Å². The first-order valence-electron chi connectivity index (χ1n) is 7.83. The third kappa shape index (κ3) is 3.21. The summed E-state index contributed by atoms with van der Waals surface area (Å²) in [5, 5.41) is 6.79. The molecular weight excluding hydrogens is 295 g/mol. The van der Waals surface area contributed by atoms with Gasteiger partial charge in [0.1, 0.15) is 5.82 Å². The number of halogens is 1. The summed E-state index contributed by atoms with van der Waals surface area (Å²) in [5.74, 6) is -0.113. The summed E-state index contributed by atoms with van der Waals surface area (Å²) in [6, 6.07) is 5.10. The topological polar surface area (TPSA) is 52.2 Å². The van der Waals surface area contributed by atoms with E-state index in [1.807, 2.05) is 24.5 Å². The molecule has 122 valence electrons. The fraction of sp³-hybridized carbons (Fsp3) is 0.412. The molecule has 0 unspecified atom stereocenters. The van der Waals surface area contributed by atoms with Gasteiger partial charge in [0.05, 0.1) is 11.9 Å². The Morgan fingerprint density at radius 1 is 1.39 bits per heavy atom. The summed E-state index contributed by atoms with van der Waals surface area (Å²) >= 11 is 0. The lowest BCUT2D eigenvalue weighted by Gasteiger charge is -2.33. The van der Waals surface area contributed by atoms with E-state index < -0.39 is 0 Å². The fourth-order valence-electron chi connectivity index (χ4n) is 3.10. The maximum Gasteiger partial charge on any atom is 0.223 e. The summed E-state index contributed by atoms with van der Waals surface area (Å²) in [6.07, 6.45) is 5.51. The van der Waals surface area contributed by atoms with E-state index in [0.29, 0.717) is 5.69 Å². The third-order valence-electron chi connectivity index (χ3n) is 4.63. The Morgan fingerprint density at radius 3 is 2.70 bits per heavy atom. The smallest absolute Gasteiger partial charge is 0.223 e. The standard InChI is InChI=1S/C17H21FN4O/c1-12(23)21(2)14-3-4-16(17(18)9-14)13-5-7-22(8-6-13)15-10-19-20-11-15/h3-4,9-11,13H,5-8H2,1-2H3,(H,19,20). The van der Waals surface area contributed by atoms with Crippen molar-refractivity contribution in [2.45, 2.75) is 25.7 Å². The Balaban J connectivity index is 1.70. The van der Waals surface area contributed by atoms with Crippen LogP contribution in [0.2, 0.25) is 0 Å². The Hall–Kier alpha value is -2.37. The van der Waals surface area contributed by atoms with E-state index >= 15 is 0 Å². The van der Waals surface area contributed by atoms with E-state index in [4.69, 9.17) is 0 Å². The lowest BCUT2D eigenvalue weighted by atomic mass is 9.88. The van der Waals surface area contributed by atoms with Crippen LogP contribution in [0.3, 0.4) is 0 Å². The first-order chi connectivity index (χ1) is 11.1. The number of piperidine rings is 1. The van der Waals surface area contributed by atoms with Crippen LogP contribution < -0.4 is 9.80 Å². The number of carbonyl (C=O) groups is 1. The van der Waals surface area contributed by atoms with Crippen molar-refractivity contribution in [1.29, 1.82) is 0 Å². The van der Waals surface area contributed by atoms with E-state index in [1.54, 1.807) is 7.05 Å². The molecule has 0 saturated carbocycles. The lowest BCUT2D eigenvalue weighted by Crippen LogP contribution is -2.32. The maximum absolute atomic E-state index is 14.5. The first-order valence-corrected chi connectivity index (χ1v) is 7.83. The van der Waals surface area contributed by atoms with Crippen molar-refractivity contribution >= 4 is 17.3 Å². The zero-order valence-corrected chi connectivity index (χ0v) is 13.4. The van der Waals surface area contributed by atoms with Crippen LogP contribution in [-0.2, 0) is 4.79 Å². The van der Waals surface area contributed by atoms with Crippen molar-refractivity contribution < 1.29 is 9.18 Å². The van der Waals surface area contributed by atoms with E-state index in [0.717, 1.165) is 37.2 Å². The van der Waals surface area contributed by atoms with Crippen LogP contribution in [0.5, 0.6) is 0 Å². The van der Waals surface area contributed by atoms with Crippen LogP contribution in [0.4, 0.5) is 15.8 Å². The molecule has 23 heavy (non-hydrogen) atoms. The zero-order valence-electron chi connectivity index (χ0n) is 13.4. The molecule has 1 aliphatic heterocycles. The van der Waals surface area contributed by atoms with Crippen LogP contribution in [-0.4, -0.2) is 36.2 Å². The van der Waals surface area contributed by atoms with Gasteiger partial charge in [-0.3, -0.25) is 9.89 Å². The summed E-state index contributed by atoms with van der Waals surface area (Å²) < 4.78 is 14.5. The molecule has 0 bridgehead atoms. The van der Waals surface area contributed by atoms with E-state index in [9.17, 15) is 9.18 Å². The van der Waals surface area contributed by atoms with Crippen molar-refractivity contribution in [1.82, 2.24) is 10.2 Å². The number of nitrogens with one attached hydrogen (secondary N) is 1. The lowest BCUT2D eigenvalue weighted by molar-refractivity contribution is -0.116. The highest BCUT2D eigenvalue weighted by molar-refractivity contribution is 5.90. The average Bonchev–Trinajstić information content (AvgIpc) is 3.08. The molecule has 2 heterocycles. The van der Waals surface area contributed by atoms with Gasteiger partial charge in [-0.15, -0.1) is 0 Å². The van der Waals surface area contributed by atoms with Crippen molar-refractivity contribution in [3.63, 3.8) is 0 Å². The minimum atomic E-state index is -0.225. The number of nitrogens with zero attached hydrogens (tertiary/aromatic N) is 3. The number of hydrogen-bond donors (Lipinski definition) is 1. The summed E-state index contributed by atoms with van der Waals surface area (Å²) in [7, 11) is 1.65. The van der Waals surface area contributed by atoms with Crippen LogP contribution in [0.25, 0.3) is 0 Å². The molecule has 1 N–H and O–H groups in total. The number of anilines is 2. The van der Waals surface area contributed by atoms with Gasteiger partial charge in [0.15, 0.2) is 0 Å². The number of H-pyrrole nitrogens is 1. The highest BCUT2D eigenvalue weighted by Crippen LogP contribution is 2.33. The van der Waals surface area contributed by atoms with Gasteiger partial charge in [-0.1, -0.05) is 6.07 Å². The van der Waals surface area contributed by atoms with Crippen LogP contribution in [0.15, 0.2) is 30.6 Å². The number of carbonyl (C=O) groups excluding carboxylic acids is 1. The Kier molecular flexibility index (Phi) is 4.32. The van der Waals surface area contributed by atoms with Gasteiger partial charge < -0.3 is 9.80 Å². The Bertz CT molecular complexity index is 678. The molecule has 1 aromatic carbocycles. The average molecular weight is 316 g/mol. The zero-order chi connectivity index (χ0) is 16.4. The van der Waals surface area contributed by atoms with E-state index in [-0.39, 0.29) is 17.6 Å². The molecule has 3 rings (SSSR count). The predicted molar refractivity (Wildman–Crippen MR) is 88.3 cm³/mol. The van der Waals surface area contributed by atoms with Gasteiger partial charge >= 0.3 is 0 Å². The molecule has 6 heteroatoms. The van der Waals surface area contributed by atoms with Gasteiger partial charge in [-0.25, -0.2) is 4.39 Å². The molecule has 2 aromatic rings. The molecule has 5 nitrogen and oxygen atoms in total. The molecule has 0 atom stereocenters. The van der Waals surface area contributed by atoms with Gasteiger partial charge in [0.25, 0.3) is 0 Å². The van der Waals surface area contributed by atoms with Crippen LogP contribution in [0.1, 0.15) is 31.2 Å². The van der Waals surface area contributed by atoms with Gasteiger partial charge in [0, 0.05) is 38.9 Å². The number of rotatable bonds is 3. The molecule has 1 fully saturated rings. The number of amides is 1. The first kappa shape index (κ1) is 15.5. The molecule has 1 aliphatic rings. The number of aromatic amines is 1. The minimum absolute atomic E-state index is 0.106. The summed E-state index contributed by atoms with van der Waals surface area (Å²) in [6.45, 7) is 3.24. The Labute approximate surface area is 135 Å². The quantitative estimate of drug-likeness (QED) is 0.947. The van der Waals surface area contributed by atoms with E-state index in [2.05, 4.69) is 15.1 Å². The normalized spacial score (nSPS) is 15.7. The Morgan fingerprint density at radius 2 is 2.13 bits per heavy atom. The second kappa shape index (κ2) is 6.40. The number of hydrogen-bond acceptors (Lipinski definition) is 3. The molecule has 0 radical (unpaired) electrons. The minimum Gasteiger partial charge on any atom is -0.369 e. The second-order valence-corrected chi connectivity index (χ2v) is 6.00. The SMILES string of the molecule is CC(=O)N(C)c1ccc(C2CCN(c3cn[nH]c3)CC2)c(F)c1. The predicted octanol–water partition coefficient (Wildman–Crippen LogP) is 2.92. The van der Waals surface area contributed by atoms with Crippen LogP contribution in [0, 0.1) is 5.82 Å². The van der Waals surface area contributed by atoms with Crippen molar-refractivity contribution in [3.8, 4) is 0 Å². The summed E-state index contributed by atoms with van der Waals surface area (Å²) in [5.41, 5.74) is 2.43. The van der Waals surface area contributed by atoms with Gasteiger partial charge in [-0.05, 0) is 36.5 Å². The highest BCUT2D eigenvalue weighted by atomic mass is 19.1. The molecule has 1 amide bonds. The molecular formula is C17H21FN4O. The van der Waals surface area contributed by atoms with Crippen molar-refractivity contribution in [3.05, 3.63) is 42.0 Å². The molecule has 0 spiro atoms. The highest BCUT2D eigenvalue weighted by Gasteiger charge is 2.24. The number of benzene rings is 1. The van der Waals surface area contributed by atoms with Gasteiger partial charge in [0.2, 0.25) is 5.91 Å². The van der Waals surface area contributed by atoms with Gasteiger partial charge in [-0.2, -0.15) is 5.10 Å². The van der Waals surface area contributed by atoms with Crippen molar-refractivity contribution in [2.75, 3.05) is 29.9 Å². The molecule has 0 aliphatic carbocycles. The van der Waals surface area contributed by atoms with Crippen molar-refractivity contribution in [2.24, 2.45) is 0 Å². The largest absolute Gasteiger partial charge is 0.369 e. The monoisotopic (exact) mass is 316 g/mol. The fourth-order valence-corrected chi connectivity index (χ4v) is 3.10. The maximum atomic E-state index is 14.5. The molecule has 1 saturated heterocycles. The molecule has 1 aromatic heterocycles. The number of aromatic nitrogens is 2.